The summed E-state index contributed by atoms with van der Waals surface area (Å²) in [5, 5.41) is -0.308. The molecule has 1 aromatic heterocycles. The van der Waals surface area contributed by atoms with Gasteiger partial charge in [0.2, 0.25) is 0 Å². The number of ether oxygens (including phenoxy) is 1. The molecule has 180 valence electrons. The zero-order chi connectivity index (χ0) is 25.2. The van der Waals surface area contributed by atoms with Crippen molar-refractivity contribution in [2.45, 2.75) is 20.5 Å². The van der Waals surface area contributed by atoms with Crippen molar-refractivity contribution in [2.24, 2.45) is 0 Å². The molecule has 0 saturated carbocycles. The van der Waals surface area contributed by atoms with Crippen molar-refractivity contribution in [3.05, 3.63) is 118 Å². The first-order valence-corrected chi connectivity index (χ1v) is 12.2. The highest BCUT2D eigenvalue weighted by molar-refractivity contribution is 8.19. The van der Waals surface area contributed by atoms with Crippen molar-refractivity contribution < 1.29 is 18.7 Å². The monoisotopic (exact) mass is 498 g/mol. The Morgan fingerprint density at radius 3 is 2.31 bits per heavy atom. The van der Waals surface area contributed by atoms with Gasteiger partial charge in [0.1, 0.15) is 18.2 Å². The van der Waals surface area contributed by atoms with Gasteiger partial charge in [-0.05, 0) is 85.8 Å². The highest BCUT2D eigenvalue weighted by Gasteiger charge is 2.36. The Balaban J connectivity index is 1.36. The van der Waals surface area contributed by atoms with Crippen LogP contribution in [0.2, 0.25) is 0 Å². The number of imide groups is 1. The highest BCUT2D eigenvalue weighted by Crippen LogP contribution is 2.36. The minimum Gasteiger partial charge on any atom is -0.489 e. The summed E-state index contributed by atoms with van der Waals surface area (Å²) < 4.78 is 21.7. The minimum atomic E-state index is -0.322. The molecule has 3 aromatic carbocycles. The Kier molecular flexibility index (Phi) is 6.48. The molecule has 1 saturated heterocycles. The molecule has 0 radical (unpaired) electrons. The SMILES string of the molecule is Cc1cc(C=C2SC(=O)N(c3ccccc3)C2=O)c(C)n1-c1ccc(OCc2ccccc2F)cc1. The van der Waals surface area contributed by atoms with Crippen molar-refractivity contribution in [3.8, 4) is 11.4 Å². The van der Waals surface area contributed by atoms with Crippen LogP contribution in [0.1, 0.15) is 22.5 Å². The van der Waals surface area contributed by atoms with Gasteiger partial charge < -0.3 is 9.30 Å². The first-order chi connectivity index (χ1) is 17.4. The lowest BCUT2D eigenvalue weighted by atomic mass is 10.2. The van der Waals surface area contributed by atoms with Crippen LogP contribution >= 0.6 is 11.8 Å². The molecular weight excluding hydrogens is 475 g/mol. The number of carbonyl (C=O) groups excluding carboxylic acids is 2. The van der Waals surface area contributed by atoms with Crippen molar-refractivity contribution in [1.29, 1.82) is 0 Å². The van der Waals surface area contributed by atoms with Crippen LogP contribution in [0.4, 0.5) is 14.9 Å². The normalized spacial score (nSPS) is 14.6. The molecule has 2 heterocycles. The molecule has 7 heteroatoms. The lowest BCUT2D eigenvalue weighted by molar-refractivity contribution is -0.113. The van der Waals surface area contributed by atoms with E-state index in [0.717, 1.165) is 34.4 Å². The fraction of sp³-hybridized carbons (Fsp3) is 0.103. The predicted molar refractivity (Wildman–Crippen MR) is 141 cm³/mol. The number of rotatable bonds is 6. The van der Waals surface area contributed by atoms with E-state index in [2.05, 4.69) is 4.57 Å². The molecular formula is C29H23FN2O3S. The number of carbonyl (C=O) groups is 2. The summed E-state index contributed by atoms with van der Waals surface area (Å²) in [7, 11) is 0. The van der Waals surface area contributed by atoms with E-state index in [4.69, 9.17) is 4.74 Å². The summed E-state index contributed by atoms with van der Waals surface area (Å²) >= 11 is 0.944. The summed E-state index contributed by atoms with van der Waals surface area (Å²) in [6.07, 6.45) is 1.78. The molecule has 1 aliphatic rings. The third-order valence-electron chi connectivity index (χ3n) is 6.01. The largest absolute Gasteiger partial charge is 0.489 e. The molecule has 0 unspecified atom stereocenters. The number of amides is 2. The van der Waals surface area contributed by atoms with Gasteiger partial charge in [-0.2, -0.15) is 0 Å². The molecule has 2 amide bonds. The predicted octanol–water partition coefficient (Wildman–Crippen LogP) is 7.05. The van der Waals surface area contributed by atoms with Gasteiger partial charge >= 0.3 is 0 Å². The molecule has 0 atom stereocenters. The smallest absolute Gasteiger partial charge is 0.298 e. The van der Waals surface area contributed by atoms with Crippen LogP contribution in [-0.4, -0.2) is 15.7 Å². The number of hydrogen-bond donors (Lipinski definition) is 0. The van der Waals surface area contributed by atoms with E-state index in [0.29, 0.717) is 21.9 Å². The van der Waals surface area contributed by atoms with Crippen molar-refractivity contribution in [3.63, 3.8) is 0 Å². The summed E-state index contributed by atoms with van der Waals surface area (Å²) in [4.78, 5) is 27.1. The van der Waals surface area contributed by atoms with Crippen LogP contribution in [0.5, 0.6) is 5.75 Å². The number of nitrogens with zero attached hydrogens (tertiary/aromatic N) is 2. The number of anilines is 1. The van der Waals surface area contributed by atoms with Crippen molar-refractivity contribution in [2.75, 3.05) is 4.90 Å². The standard InChI is InChI=1S/C29H23FN2O3S/c1-19-16-22(17-27-28(33)32(29(34)36-27)23-9-4-3-5-10-23)20(2)31(19)24-12-14-25(15-13-24)35-18-21-8-6-7-11-26(21)30/h3-17H,18H2,1-2H3. The van der Waals surface area contributed by atoms with E-state index >= 15 is 0 Å². The van der Waals surface area contributed by atoms with Crippen molar-refractivity contribution >= 4 is 34.7 Å². The van der Waals surface area contributed by atoms with Gasteiger partial charge in [-0.1, -0.05) is 36.4 Å². The number of hydrogen-bond acceptors (Lipinski definition) is 4. The molecule has 5 rings (SSSR count). The maximum atomic E-state index is 13.8. The second kappa shape index (κ2) is 9.87. The summed E-state index contributed by atoms with van der Waals surface area (Å²) in [6, 6.07) is 25.0. The molecule has 5 nitrogen and oxygen atoms in total. The van der Waals surface area contributed by atoms with Gasteiger partial charge in [0, 0.05) is 22.6 Å². The van der Waals surface area contributed by atoms with E-state index in [1.807, 2.05) is 50.2 Å². The van der Waals surface area contributed by atoms with Gasteiger partial charge in [-0.25, -0.2) is 9.29 Å². The second-order valence-electron chi connectivity index (χ2n) is 8.39. The molecule has 0 aliphatic carbocycles. The molecule has 0 N–H and O–H groups in total. The molecule has 36 heavy (non-hydrogen) atoms. The maximum absolute atomic E-state index is 13.8. The number of halogens is 1. The van der Waals surface area contributed by atoms with Crippen molar-refractivity contribution in [1.82, 2.24) is 4.57 Å². The summed E-state index contributed by atoms with van der Waals surface area (Å²) in [6.45, 7) is 4.11. The number of thioether (sulfide) groups is 1. The molecule has 1 aliphatic heterocycles. The molecule has 1 fully saturated rings. The topological polar surface area (TPSA) is 51.5 Å². The first-order valence-electron chi connectivity index (χ1n) is 11.4. The van der Waals surface area contributed by atoms with Crippen LogP contribution in [0.15, 0.2) is 89.8 Å². The van der Waals surface area contributed by atoms with E-state index < -0.39 is 0 Å². The van der Waals surface area contributed by atoms with E-state index in [-0.39, 0.29) is 23.6 Å². The van der Waals surface area contributed by atoms with Gasteiger partial charge in [0.05, 0.1) is 10.6 Å². The average Bonchev–Trinajstić information content (AvgIpc) is 3.32. The lowest BCUT2D eigenvalue weighted by Gasteiger charge is -2.12. The third kappa shape index (κ3) is 4.57. The van der Waals surface area contributed by atoms with Gasteiger partial charge in [-0.15, -0.1) is 0 Å². The second-order valence-corrected chi connectivity index (χ2v) is 9.38. The zero-order valence-corrected chi connectivity index (χ0v) is 20.6. The summed E-state index contributed by atoms with van der Waals surface area (Å²) in [5.41, 5.74) is 4.79. The van der Waals surface area contributed by atoms with E-state index in [9.17, 15) is 14.0 Å². The van der Waals surface area contributed by atoms with E-state index in [1.54, 1.807) is 48.5 Å². The quantitative estimate of drug-likeness (QED) is 0.267. The maximum Gasteiger partial charge on any atom is 0.298 e. The van der Waals surface area contributed by atoms with Crippen LogP contribution in [0.3, 0.4) is 0 Å². The number of aryl methyl sites for hydroxylation is 1. The van der Waals surface area contributed by atoms with Crippen LogP contribution in [0, 0.1) is 19.7 Å². The average molecular weight is 499 g/mol. The Morgan fingerprint density at radius 1 is 0.889 bits per heavy atom. The minimum absolute atomic E-state index is 0.149. The highest BCUT2D eigenvalue weighted by atomic mass is 32.2. The van der Waals surface area contributed by atoms with Gasteiger partial charge in [0.25, 0.3) is 11.1 Å². The Hall–Kier alpha value is -4.10. The number of aromatic nitrogens is 1. The fourth-order valence-electron chi connectivity index (χ4n) is 4.21. The zero-order valence-electron chi connectivity index (χ0n) is 19.8. The van der Waals surface area contributed by atoms with E-state index in [1.165, 1.54) is 11.0 Å². The Labute approximate surface area is 212 Å². The number of benzene rings is 3. The van der Waals surface area contributed by atoms with Crippen LogP contribution in [-0.2, 0) is 11.4 Å². The Bertz CT molecular complexity index is 1480. The van der Waals surface area contributed by atoms with Crippen LogP contribution in [0.25, 0.3) is 11.8 Å². The third-order valence-corrected chi connectivity index (χ3v) is 6.88. The molecule has 0 spiro atoms. The molecule has 4 aromatic rings. The fourth-order valence-corrected chi connectivity index (χ4v) is 5.04. The van der Waals surface area contributed by atoms with Crippen LogP contribution < -0.4 is 9.64 Å². The summed E-state index contributed by atoms with van der Waals surface area (Å²) in [5.74, 6) is 0.0264. The number of para-hydroxylation sites is 1. The van der Waals surface area contributed by atoms with Gasteiger partial charge in [0.15, 0.2) is 0 Å². The first kappa shape index (κ1) is 23.6. The lowest BCUT2D eigenvalue weighted by Crippen LogP contribution is -2.27. The Morgan fingerprint density at radius 2 is 1.58 bits per heavy atom. The van der Waals surface area contributed by atoms with Gasteiger partial charge in [-0.3, -0.25) is 9.59 Å². The molecule has 0 bridgehead atoms.